The minimum atomic E-state index is -3.66. The maximum absolute atomic E-state index is 13.3. The van der Waals surface area contributed by atoms with Crippen molar-refractivity contribution in [2.24, 2.45) is 0 Å². The molecule has 10 nitrogen and oxygen atoms in total. The lowest BCUT2D eigenvalue weighted by Crippen LogP contribution is -2.38. The van der Waals surface area contributed by atoms with Gasteiger partial charge in [0.1, 0.15) is 4.21 Å². The fourth-order valence-corrected chi connectivity index (χ4v) is 7.42. The predicted octanol–water partition coefficient (Wildman–Crippen LogP) is 4.62. The Labute approximate surface area is 221 Å². The van der Waals surface area contributed by atoms with Crippen LogP contribution in [0.2, 0.25) is 5.02 Å². The number of non-ortho nitro benzene ring substituents is 1. The first-order valence-corrected chi connectivity index (χ1v) is 14.1. The van der Waals surface area contributed by atoms with Gasteiger partial charge < -0.3 is 9.88 Å². The van der Waals surface area contributed by atoms with Gasteiger partial charge in [0.15, 0.2) is 0 Å². The number of rotatable bonds is 7. The molecular formula is C24H22ClN5O5S2. The van der Waals surface area contributed by atoms with Gasteiger partial charge >= 0.3 is 0 Å². The van der Waals surface area contributed by atoms with Crippen molar-refractivity contribution < 1.29 is 18.1 Å². The Kier molecular flexibility index (Phi) is 6.99. The maximum atomic E-state index is 13.3. The van der Waals surface area contributed by atoms with Crippen LogP contribution in [0.4, 0.5) is 5.69 Å². The van der Waals surface area contributed by atoms with E-state index in [4.69, 9.17) is 11.6 Å². The number of sulfonamides is 1. The number of imidazole rings is 1. The number of fused-ring (bicyclic) bond motifs is 1. The molecule has 1 amide bonds. The summed E-state index contributed by atoms with van der Waals surface area (Å²) in [6.07, 6.45) is 2.85. The van der Waals surface area contributed by atoms with Gasteiger partial charge in [0.25, 0.3) is 21.6 Å². The summed E-state index contributed by atoms with van der Waals surface area (Å²) in [6.45, 7) is 0.913. The zero-order chi connectivity index (χ0) is 26.2. The smallest absolute Gasteiger partial charge is 0.271 e. The van der Waals surface area contributed by atoms with E-state index in [9.17, 15) is 23.3 Å². The highest BCUT2D eigenvalue weighted by Gasteiger charge is 2.31. The van der Waals surface area contributed by atoms with Crippen LogP contribution in [0.3, 0.4) is 0 Å². The van der Waals surface area contributed by atoms with Gasteiger partial charge in [-0.25, -0.2) is 13.4 Å². The second kappa shape index (κ2) is 10.2. The van der Waals surface area contributed by atoms with Gasteiger partial charge in [-0.1, -0.05) is 11.6 Å². The van der Waals surface area contributed by atoms with Crippen LogP contribution >= 0.6 is 22.9 Å². The standard InChI is InChI=1S/C24H22ClN5O5S2/c25-17-3-1-16(2-4-17)24(31)26-14-20-6-8-23(36-20)37(34,35)28-11-9-18(10-12-28)29-15-27-21-13-19(30(32)33)5-7-22(21)29/h1-8,13,15,18H,9-12,14H2,(H,26,31). The molecule has 0 spiro atoms. The van der Waals surface area contributed by atoms with Crippen LogP contribution in [-0.2, 0) is 16.6 Å². The molecule has 0 radical (unpaired) electrons. The normalized spacial score (nSPS) is 15.2. The molecule has 2 aromatic carbocycles. The summed E-state index contributed by atoms with van der Waals surface area (Å²) in [5.41, 5.74) is 1.79. The molecule has 4 aromatic rings. The van der Waals surface area contributed by atoms with E-state index < -0.39 is 14.9 Å². The Morgan fingerprint density at radius 3 is 2.57 bits per heavy atom. The number of halogens is 1. The fourth-order valence-electron chi connectivity index (χ4n) is 4.38. The summed E-state index contributed by atoms with van der Waals surface area (Å²) in [5, 5.41) is 14.4. The zero-order valence-corrected chi connectivity index (χ0v) is 21.8. The Hall–Kier alpha value is -3.32. The molecule has 1 fully saturated rings. The number of nitro groups is 1. The van der Waals surface area contributed by atoms with E-state index in [1.54, 1.807) is 48.8 Å². The molecule has 1 aliphatic rings. The Bertz CT molecular complexity index is 1570. The second-order valence-corrected chi connectivity index (χ2v) is 12.4. The zero-order valence-electron chi connectivity index (χ0n) is 19.4. The number of nitrogens with one attached hydrogen (secondary N) is 1. The minimum Gasteiger partial charge on any atom is -0.347 e. The largest absolute Gasteiger partial charge is 0.347 e. The summed E-state index contributed by atoms with van der Waals surface area (Å²) >= 11 is 7.00. The average molecular weight is 560 g/mol. The predicted molar refractivity (Wildman–Crippen MR) is 140 cm³/mol. The SMILES string of the molecule is O=C(NCc1ccc(S(=O)(=O)N2CCC(n3cnc4cc([N+](=O)[O-])ccc43)CC2)s1)c1ccc(Cl)cc1. The number of nitro benzene ring substituents is 1. The van der Waals surface area contributed by atoms with E-state index in [0.717, 1.165) is 21.7 Å². The molecule has 5 rings (SSSR count). The number of benzene rings is 2. The number of hydrogen-bond donors (Lipinski definition) is 1. The Morgan fingerprint density at radius 2 is 1.86 bits per heavy atom. The molecule has 0 saturated carbocycles. The number of hydrogen-bond acceptors (Lipinski definition) is 7. The highest BCUT2D eigenvalue weighted by atomic mass is 35.5. The van der Waals surface area contributed by atoms with Gasteiger partial charge in [-0.05, 0) is 55.3 Å². The van der Waals surface area contributed by atoms with E-state index in [0.29, 0.717) is 42.0 Å². The number of aromatic nitrogens is 2. The average Bonchev–Trinajstić information content (AvgIpc) is 3.55. The molecule has 1 N–H and O–H groups in total. The number of piperidine rings is 1. The number of carbonyl (C=O) groups excluding carboxylic acids is 1. The quantitative estimate of drug-likeness (QED) is 0.260. The molecule has 3 heterocycles. The van der Waals surface area contributed by atoms with Gasteiger partial charge in [-0.2, -0.15) is 4.31 Å². The van der Waals surface area contributed by atoms with Gasteiger partial charge in [0.2, 0.25) is 0 Å². The van der Waals surface area contributed by atoms with E-state index in [-0.39, 0.29) is 28.4 Å². The van der Waals surface area contributed by atoms with Crippen molar-refractivity contribution in [2.45, 2.75) is 29.6 Å². The second-order valence-electron chi connectivity index (χ2n) is 8.63. The summed E-state index contributed by atoms with van der Waals surface area (Å²) in [4.78, 5) is 27.9. The van der Waals surface area contributed by atoms with Crippen LogP contribution in [0, 0.1) is 10.1 Å². The van der Waals surface area contributed by atoms with Crippen LogP contribution in [-0.4, -0.2) is 46.2 Å². The molecule has 13 heteroatoms. The van der Waals surface area contributed by atoms with Crippen molar-refractivity contribution in [2.75, 3.05) is 13.1 Å². The summed E-state index contributed by atoms with van der Waals surface area (Å²) in [7, 11) is -3.66. The monoisotopic (exact) mass is 559 g/mol. The topological polar surface area (TPSA) is 127 Å². The molecule has 0 atom stereocenters. The van der Waals surface area contributed by atoms with Crippen LogP contribution in [0.1, 0.15) is 34.1 Å². The van der Waals surface area contributed by atoms with Gasteiger partial charge in [0.05, 0.1) is 28.8 Å². The van der Waals surface area contributed by atoms with Crippen LogP contribution in [0.5, 0.6) is 0 Å². The maximum Gasteiger partial charge on any atom is 0.271 e. The number of thiophene rings is 1. The van der Waals surface area contributed by atoms with Crippen LogP contribution in [0.15, 0.2) is 65.1 Å². The number of nitrogens with zero attached hydrogens (tertiary/aromatic N) is 4. The van der Waals surface area contributed by atoms with Gasteiger partial charge in [-0.15, -0.1) is 11.3 Å². The van der Waals surface area contributed by atoms with E-state index in [2.05, 4.69) is 10.3 Å². The molecular weight excluding hydrogens is 538 g/mol. The van der Waals surface area contributed by atoms with Crippen LogP contribution < -0.4 is 5.32 Å². The molecule has 2 aromatic heterocycles. The van der Waals surface area contributed by atoms with Crippen molar-refractivity contribution in [1.82, 2.24) is 19.2 Å². The third-order valence-corrected chi connectivity index (χ3v) is 10.1. The first-order valence-electron chi connectivity index (χ1n) is 11.5. The number of carbonyl (C=O) groups is 1. The molecule has 0 unspecified atom stereocenters. The first-order chi connectivity index (χ1) is 17.7. The highest BCUT2D eigenvalue weighted by Crippen LogP contribution is 2.32. The molecule has 1 aliphatic heterocycles. The molecule has 37 heavy (non-hydrogen) atoms. The van der Waals surface area contributed by atoms with Crippen molar-refractivity contribution >= 4 is 55.6 Å². The van der Waals surface area contributed by atoms with Gasteiger partial charge in [-0.3, -0.25) is 14.9 Å². The summed E-state index contributed by atoms with van der Waals surface area (Å²) in [5.74, 6) is -0.266. The van der Waals surface area contributed by atoms with Crippen molar-refractivity contribution in [1.29, 1.82) is 0 Å². The molecule has 1 saturated heterocycles. The fraction of sp³-hybridized carbons (Fsp3) is 0.250. The summed E-state index contributed by atoms with van der Waals surface area (Å²) in [6, 6.07) is 14.4. The lowest BCUT2D eigenvalue weighted by molar-refractivity contribution is -0.384. The van der Waals surface area contributed by atoms with E-state index in [1.165, 1.54) is 16.4 Å². The lowest BCUT2D eigenvalue weighted by atomic mass is 10.1. The highest BCUT2D eigenvalue weighted by molar-refractivity contribution is 7.91. The Balaban J connectivity index is 1.21. The molecule has 0 aliphatic carbocycles. The van der Waals surface area contributed by atoms with Crippen molar-refractivity contribution in [3.8, 4) is 0 Å². The van der Waals surface area contributed by atoms with E-state index >= 15 is 0 Å². The third-order valence-electron chi connectivity index (χ3n) is 6.35. The van der Waals surface area contributed by atoms with Gasteiger partial charge in [0, 0.05) is 46.7 Å². The van der Waals surface area contributed by atoms with Crippen molar-refractivity contribution in [3.63, 3.8) is 0 Å². The summed E-state index contributed by atoms with van der Waals surface area (Å²) < 4.78 is 30.2. The Morgan fingerprint density at radius 1 is 1.14 bits per heavy atom. The third kappa shape index (κ3) is 5.23. The van der Waals surface area contributed by atoms with Crippen LogP contribution in [0.25, 0.3) is 11.0 Å². The number of amides is 1. The van der Waals surface area contributed by atoms with E-state index in [1.807, 2.05) is 4.57 Å². The van der Waals surface area contributed by atoms with Crippen molar-refractivity contribution in [3.05, 3.63) is 86.5 Å². The first kappa shape index (κ1) is 25.3. The lowest BCUT2D eigenvalue weighted by Gasteiger charge is -2.31. The molecule has 0 bridgehead atoms. The minimum absolute atomic E-state index is 0.0153. The molecule has 192 valence electrons.